The molecule has 0 unspecified atom stereocenters. The van der Waals surface area contributed by atoms with Gasteiger partial charge in [0.1, 0.15) is 6.10 Å². The van der Waals surface area contributed by atoms with Crippen LogP contribution in [0, 0.1) is 45.3 Å². The molecule has 32 heavy (non-hydrogen) atoms. The topological polar surface area (TPSA) is 63.6 Å². The highest BCUT2D eigenvalue weighted by molar-refractivity contribution is 5.94. The Morgan fingerprint density at radius 3 is 2.31 bits per heavy atom. The van der Waals surface area contributed by atoms with E-state index >= 15 is 0 Å². The molecular weight excluding hydrogens is 400 g/mol. The van der Waals surface area contributed by atoms with E-state index in [0.717, 1.165) is 18.4 Å². The van der Waals surface area contributed by atoms with Gasteiger partial charge in [0.25, 0.3) is 0 Å². The lowest BCUT2D eigenvalue weighted by molar-refractivity contribution is -0.287. The number of hydrogen-bond acceptors (Lipinski definition) is 4. The van der Waals surface area contributed by atoms with Gasteiger partial charge in [0, 0.05) is 18.3 Å². The van der Waals surface area contributed by atoms with Crippen LogP contribution in [0.3, 0.4) is 0 Å². The number of ketones is 1. The quantitative estimate of drug-likeness (QED) is 0.576. The molecule has 9 atom stereocenters. The van der Waals surface area contributed by atoms with Crippen LogP contribution in [0.25, 0.3) is 0 Å². The molecule has 4 heteroatoms. The molecule has 0 bridgehead atoms. The normalized spacial score (nSPS) is 51.0. The number of hydrogen-bond donors (Lipinski definition) is 1. The van der Waals surface area contributed by atoms with Crippen LogP contribution in [0.5, 0.6) is 0 Å². The smallest absolute Gasteiger partial charge is 0.302 e. The summed E-state index contributed by atoms with van der Waals surface area (Å²) in [4.78, 5) is 24.8. The number of ether oxygens (including phenoxy) is 1. The molecule has 0 saturated heterocycles. The molecule has 0 radical (unpaired) electrons. The summed E-state index contributed by atoms with van der Waals surface area (Å²) >= 11 is 0. The lowest BCUT2D eigenvalue weighted by Gasteiger charge is -2.74. The van der Waals surface area contributed by atoms with Crippen LogP contribution in [-0.4, -0.2) is 29.1 Å². The minimum Gasteiger partial charge on any atom is -0.462 e. The second-order valence-electron chi connectivity index (χ2n) is 13.2. The zero-order valence-corrected chi connectivity index (χ0v) is 20.9. The number of aliphatic hydroxyl groups excluding tert-OH is 1. The molecule has 178 valence electrons. The summed E-state index contributed by atoms with van der Waals surface area (Å²) < 4.78 is 6.14. The summed E-state index contributed by atoms with van der Waals surface area (Å²) in [6.45, 7) is 13.1. The first-order valence-corrected chi connectivity index (χ1v) is 12.9. The van der Waals surface area contributed by atoms with Gasteiger partial charge in [-0.25, -0.2) is 0 Å². The fourth-order valence-corrected chi connectivity index (χ4v) is 10.5. The third kappa shape index (κ3) is 2.71. The predicted molar refractivity (Wildman–Crippen MR) is 124 cm³/mol. The average Bonchev–Trinajstić information content (AvgIpc) is 2.66. The zero-order valence-electron chi connectivity index (χ0n) is 20.9. The minimum absolute atomic E-state index is 0.0603. The van der Waals surface area contributed by atoms with Crippen molar-refractivity contribution in [2.75, 3.05) is 0 Å². The van der Waals surface area contributed by atoms with E-state index in [1.165, 1.54) is 39.0 Å². The summed E-state index contributed by atoms with van der Waals surface area (Å²) in [5, 5.41) is 10.9. The van der Waals surface area contributed by atoms with Crippen LogP contribution >= 0.6 is 0 Å². The van der Waals surface area contributed by atoms with Gasteiger partial charge in [-0.1, -0.05) is 40.2 Å². The van der Waals surface area contributed by atoms with Crippen LogP contribution < -0.4 is 0 Å². The second-order valence-corrected chi connectivity index (χ2v) is 13.2. The number of carbonyl (C=O) groups excluding carboxylic acids is 2. The van der Waals surface area contributed by atoms with Gasteiger partial charge < -0.3 is 9.84 Å². The fraction of sp³-hybridized carbons (Fsp3) is 0.857. The van der Waals surface area contributed by atoms with E-state index in [1.54, 1.807) is 6.92 Å². The van der Waals surface area contributed by atoms with Gasteiger partial charge in [-0.05, 0) is 91.4 Å². The summed E-state index contributed by atoms with van der Waals surface area (Å²) in [6.07, 6.45) is 10.1. The van der Waals surface area contributed by atoms with Crippen molar-refractivity contribution in [2.24, 2.45) is 45.3 Å². The Balaban J connectivity index is 1.63. The molecule has 5 aliphatic rings. The van der Waals surface area contributed by atoms with Gasteiger partial charge in [-0.15, -0.1) is 0 Å². The molecular formula is C28H42O4. The van der Waals surface area contributed by atoms with Gasteiger partial charge in [0.15, 0.2) is 5.78 Å². The van der Waals surface area contributed by atoms with E-state index in [4.69, 9.17) is 4.74 Å². The Morgan fingerprint density at radius 2 is 1.69 bits per heavy atom. The summed E-state index contributed by atoms with van der Waals surface area (Å²) in [6, 6.07) is 0. The third-order valence-corrected chi connectivity index (χ3v) is 11.5. The number of esters is 1. The van der Waals surface area contributed by atoms with Crippen molar-refractivity contribution in [3.8, 4) is 0 Å². The molecule has 0 aliphatic heterocycles. The van der Waals surface area contributed by atoms with Crippen molar-refractivity contribution in [3.05, 3.63) is 11.6 Å². The predicted octanol–water partition coefficient (Wildman–Crippen LogP) is 5.47. The SMILES string of the molecule is CC(=O)O[C@H]1C[C@@H]2[C@@]3(C)CCCC(C)(C)[C@@H]3CC[C@@]2(C)[C@@H]2CC=C(C(C)=O)[C@@H]3[C@@H](O)C[C@@]132. The van der Waals surface area contributed by atoms with Crippen molar-refractivity contribution in [1.82, 2.24) is 0 Å². The largest absolute Gasteiger partial charge is 0.462 e. The van der Waals surface area contributed by atoms with Crippen LogP contribution in [0.2, 0.25) is 0 Å². The van der Waals surface area contributed by atoms with Gasteiger partial charge >= 0.3 is 5.97 Å². The standard InChI is InChI=1S/C28H42O4/c1-16(29)18-8-9-21-27(6)13-10-20-25(3,4)11-7-12-26(20,5)22(27)14-23(32-17(2)30)28(21)15-19(31)24(18)28/h8,19-24,31H,7,9-15H2,1-6H3/t19-,20-,21-,22+,23-,24+,26-,27-,28+/m0/s1. The van der Waals surface area contributed by atoms with Crippen LogP contribution in [0.15, 0.2) is 11.6 Å². The van der Waals surface area contributed by atoms with Crippen molar-refractivity contribution in [1.29, 1.82) is 0 Å². The fourth-order valence-electron chi connectivity index (χ4n) is 10.5. The van der Waals surface area contributed by atoms with Gasteiger partial charge in [-0.2, -0.15) is 0 Å². The third-order valence-electron chi connectivity index (χ3n) is 11.5. The highest BCUT2D eigenvalue weighted by Crippen LogP contribution is 2.76. The maximum absolute atomic E-state index is 12.5. The van der Waals surface area contributed by atoms with E-state index in [1.807, 2.05) is 0 Å². The molecule has 0 aromatic heterocycles. The molecule has 4 saturated carbocycles. The van der Waals surface area contributed by atoms with Crippen molar-refractivity contribution >= 4 is 11.8 Å². The van der Waals surface area contributed by atoms with E-state index < -0.39 is 6.10 Å². The second kappa shape index (κ2) is 6.93. The summed E-state index contributed by atoms with van der Waals surface area (Å²) in [5.41, 5.74) is 1.23. The number of allylic oxidation sites excluding steroid dienone is 1. The Hall–Kier alpha value is -1.16. The monoisotopic (exact) mass is 442 g/mol. The maximum atomic E-state index is 12.5. The Kier molecular flexibility index (Phi) is 4.90. The molecule has 0 heterocycles. The molecule has 0 amide bonds. The highest BCUT2D eigenvalue weighted by Gasteiger charge is 2.74. The summed E-state index contributed by atoms with van der Waals surface area (Å²) in [7, 11) is 0. The maximum Gasteiger partial charge on any atom is 0.302 e. The van der Waals surface area contributed by atoms with Gasteiger partial charge in [0.05, 0.1) is 6.10 Å². The molecule has 5 rings (SSSR count). The van der Waals surface area contributed by atoms with E-state index in [2.05, 4.69) is 33.8 Å². The Labute approximate surface area is 193 Å². The van der Waals surface area contributed by atoms with Crippen LogP contribution in [0.1, 0.15) is 92.9 Å². The van der Waals surface area contributed by atoms with Gasteiger partial charge in [0.2, 0.25) is 0 Å². The molecule has 4 fully saturated rings. The summed E-state index contributed by atoms with van der Waals surface area (Å²) in [5.74, 6) is 1.19. The molecule has 5 aliphatic carbocycles. The lowest BCUT2D eigenvalue weighted by atomic mass is 9.31. The lowest BCUT2D eigenvalue weighted by Crippen LogP contribution is -2.73. The first-order valence-electron chi connectivity index (χ1n) is 12.9. The molecule has 0 aromatic rings. The minimum atomic E-state index is -0.508. The number of rotatable bonds is 2. The van der Waals surface area contributed by atoms with Crippen LogP contribution in [0.4, 0.5) is 0 Å². The first-order chi connectivity index (χ1) is 14.9. The number of aliphatic hydroxyl groups is 1. The van der Waals surface area contributed by atoms with E-state index in [-0.39, 0.29) is 40.0 Å². The van der Waals surface area contributed by atoms with Crippen molar-refractivity contribution < 1.29 is 19.4 Å². The Bertz CT molecular complexity index is 873. The molecule has 4 nitrogen and oxygen atoms in total. The Morgan fingerprint density at radius 1 is 1.00 bits per heavy atom. The number of Topliss-reactive ketones (excluding diaryl/α,β-unsaturated/α-hetero) is 1. The zero-order chi connectivity index (χ0) is 23.3. The van der Waals surface area contributed by atoms with Gasteiger partial charge in [-0.3, -0.25) is 9.59 Å². The first kappa shape index (κ1) is 22.6. The molecule has 0 aromatic carbocycles. The highest BCUT2D eigenvalue weighted by atomic mass is 16.5. The van der Waals surface area contributed by atoms with Crippen LogP contribution in [-0.2, 0) is 14.3 Å². The number of carbonyl (C=O) groups is 2. The van der Waals surface area contributed by atoms with E-state index in [9.17, 15) is 14.7 Å². The molecule has 1 N–H and O–H groups in total. The average molecular weight is 443 g/mol. The number of fused-ring (bicyclic) bond motifs is 4. The van der Waals surface area contributed by atoms with Crippen molar-refractivity contribution in [2.45, 2.75) is 105 Å². The van der Waals surface area contributed by atoms with E-state index in [0.29, 0.717) is 29.6 Å². The van der Waals surface area contributed by atoms with Crippen molar-refractivity contribution in [3.63, 3.8) is 0 Å². The molecule has 1 spiro atoms.